The van der Waals surface area contributed by atoms with Crippen LogP contribution in [0.4, 0.5) is 0 Å². The third-order valence-corrected chi connectivity index (χ3v) is 3.40. The predicted octanol–water partition coefficient (Wildman–Crippen LogP) is 0.138. The molecule has 2 heterocycles. The van der Waals surface area contributed by atoms with Gasteiger partial charge in [-0.2, -0.15) is 0 Å². The van der Waals surface area contributed by atoms with Crippen LogP contribution in [0.1, 0.15) is 12.0 Å². The van der Waals surface area contributed by atoms with Crippen LogP contribution in [0.5, 0.6) is 0 Å². The molecule has 2 amide bonds. The molecule has 1 aromatic carbocycles. The van der Waals surface area contributed by atoms with Crippen LogP contribution in [0.2, 0.25) is 0 Å². The van der Waals surface area contributed by atoms with Crippen LogP contribution in [0, 0.1) is 0 Å². The molecule has 0 aromatic heterocycles. The van der Waals surface area contributed by atoms with Crippen LogP contribution in [-0.4, -0.2) is 48.2 Å². The standard InChI is InChI=1S/C14H15N3O3/c18-13-9-17(7-6-15-13)14(19)12-8-11(16-20-12)10-4-2-1-3-5-10/h1-5,12H,6-9H2,(H,15,18). The number of amides is 2. The molecule has 6 nitrogen and oxygen atoms in total. The van der Waals surface area contributed by atoms with Crippen molar-refractivity contribution < 1.29 is 14.4 Å². The van der Waals surface area contributed by atoms with E-state index in [9.17, 15) is 9.59 Å². The average molecular weight is 273 g/mol. The fourth-order valence-corrected chi connectivity index (χ4v) is 2.34. The Kier molecular flexibility index (Phi) is 3.37. The smallest absolute Gasteiger partial charge is 0.267 e. The van der Waals surface area contributed by atoms with Crippen molar-refractivity contribution >= 4 is 17.5 Å². The summed E-state index contributed by atoms with van der Waals surface area (Å²) in [5.74, 6) is -0.304. The maximum atomic E-state index is 12.3. The molecule has 0 saturated carbocycles. The van der Waals surface area contributed by atoms with Crippen molar-refractivity contribution in [3.8, 4) is 0 Å². The van der Waals surface area contributed by atoms with E-state index in [2.05, 4.69) is 10.5 Å². The first-order chi connectivity index (χ1) is 9.74. The average Bonchev–Trinajstić information content (AvgIpc) is 2.97. The summed E-state index contributed by atoms with van der Waals surface area (Å²) < 4.78 is 0. The van der Waals surface area contributed by atoms with Gasteiger partial charge in [-0.1, -0.05) is 35.5 Å². The summed E-state index contributed by atoms with van der Waals surface area (Å²) in [7, 11) is 0. The van der Waals surface area contributed by atoms with Crippen LogP contribution in [0.25, 0.3) is 0 Å². The predicted molar refractivity (Wildman–Crippen MR) is 72.1 cm³/mol. The molecule has 1 fully saturated rings. The largest absolute Gasteiger partial charge is 0.382 e. The lowest BCUT2D eigenvalue weighted by Crippen LogP contribution is -2.52. The Morgan fingerprint density at radius 1 is 1.35 bits per heavy atom. The molecule has 6 heteroatoms. The van der Waals surface area contributed by atoms with Crippen molar-refractivity contribution in [2.24, 2.45) is 5.16 Å². The highest BCUT2D eigenvalue weighted by atomic mass is 16.6. The van der Waals surface area contributed by atoms with E-state index in [0.29, 0.717) is 19.5 Å². The Balaban J connectivity index is 1.64. The number of carbonyl (C=O) groups is 2. The van der Waals surface area contributed by atoms with Crippen molar-refractivity contribution in [3.05, 3.63) is 35.9 Å². The van der Waals surface area contributed by atoms with E-state index in [4.69, 9.17) is 4.84 Å². The summed E-state index contributed by atoms with van der Waals surface area (Å²) in [5, 5.41) is 6.68. The minimum atomic E-state index is -0.615. The second-order valence-corrected chi connectivity index (χ2v) is 4.81. The Labute approximate surface area is 116 Å². The van der Waals surface area contributed by atoms with Crippen molar-refractivity contribution in [1.82, 2.24) is 10.2 Å². The zero-order chi connectivity index (χ0) is 13.9. The summed E-state index contributed by atoms with van der Waals surface area (Å²) in [6.45, 7) is 1.11. The molecular formula is C14H15N3O3. The Bertz CT molecular complexity index is 556. The maximum Gasteiger partial charge on any atom is 0.267 e. The van der Waals surface area contributed by atoms with E-state index in [1.807, 2.05) is 30.3 Å². The lowest BCUT2D eigenvalue weighted by atomic mass is 10.0. The highest BCUT2D eigenvalue weighted by Gasteiger charge is 2.34. The first kappa shape index (κ1) is 12.7. The van der Waals surface area contributed by atoms with E-state index < -0.39 is 6.10 Å². The summed E-state index contributed by atoms with van der Waals surface area (Å²) >= 11 is 0. The lowest BCUT2D eigenvalue weighted by Gasteiger charge is -2.27. The number of carbonyl (C=O) groups excluding carboxylic acids is 2. The van der Waals surface area contributed by atoms with Crippen LogP contribution < -0.4 is 5.32 Å². The number of benzene rings is 1. The first-order valence-corrected chi connectivity index (χ1v) is 6.57. The molecule has 0 bridgehead atoms. The molecular weight excluding hydrogens is 258 g/mol. The van der Waals surface area contributed by atoms with Gasteiger partial charge < -0.3 is 15.1 Å². The molecule has 104 valence electrons. The molecule has 2 aliphatic rings. The molecule has 20 heavy (non-hydrogen) atoms. The number of nitrogens with one attached hydrogen (secondary N) is 1. The molecule has 1 saturated heterocycles. The molecule has 0 spiro atoms. The van der Waals surface area contributed by atoms with Gasteiger partial charge >= 0.3 is 0 Å². The van der Waals surface area contributed by atoms with Crippen LogP contribution >= 0.6 is 0 Å². The van der Waals surface area contributed by atoms with Gasteiger partial charge in [0.15, 0.2) is 0 Å². The second-order valence-electron chi connectivity index (χ2n) is 4.81. The van der Waals surface area contributed by atoms with Gasteiger partial charge in [-0.05, 0) is 5.56 Å². The zero-order valence-electron chi connectivity index (χ0n) is 10.9. The second kappa shape index (κ2) is 5.32. The topological polar surface area (TPSA) is 71.0 Å². The number of hydrogen-bond acceptors (Lipinski definition) is 4. The molecule has 3 rings (SSSR count). The molecule has 0 radical (unpaired) electrons. The van der Waals surface area contributed by atoms with E-state index in [-0.39, 0.29) is 18.4 Å². The third kappa shape index (κ3) is 2.49. The van der Waals surface area contributed by atoms with E-state index in [1.165, 1.54) is 4.90 Å². The summed E-state index contributed by atoms with van der Waals surface area (Å²) in [4.78, 5) is 30.3. The fourth-order valence-electron chi connectivity index (χ4n) is 2.34. The van der Waals surface area contributed by atoms with Gasteiger partial charge in [-0.3, -0.25) is 9.59 Å². The van der Waals surface area contributed by atoms with Crippen molar-refractivity contribution in [2.45, 2.75) is 12.5 Å². The highest BCUT2D eigenvalue weighted by Crippen LogP contribution is 2.18. The van der Waals surface area contributed by atoms with Gasteiger partial charge in [0.25, 0.3) is 5.91 Å². The van der Waals surface area contributed by atoms with E-state index >= 15 is 0 Å². The number of oxime groups is 1. The van der Waals surface area contributed by atoms with Crippen molar-refractivity contribution in [1.29, 1.82) is 0 Å². The minimum absolute atomic E-state index is 0.0966. The quantitative estimate of drug-likeness (QED) is 0.833. The molecule has 1 N–H and O–H groups in total. The van der Waals surface area contributed by atoms with Gasteiger partial charge in [0.2, 0.25) is 12.0 Å². The third-order valence-electron chi connectivity index (χ3n) is 3.40. The fraction of sp³-hybridized carbons (Fsp3) is 0.357. The normalized spacial score (nSPS) is 22.0. The van der Waals surface area contributed by atoms with Crippen molar-refractivity contribution in [3.63, 3.8) is 0 Å². The Morgan fingerprint density at radius 2 is 2.15 bits per heavy atom. The molecule has 1 aromatic rings. The Hall–Kier alpha value is -2.37. The van der Waals surface area contributed by atoms with E-state index in [0.717, 1.165) is 11.3 Å². The molecule has 0 aliphatic carbocycles. The van der Waals surface area contributed by atoms with Crippen molar-refractivity contribution in [2.75, 3.05) is 19.6 Å². The first-order valence-electron chi connectivity index (χ1n) is 6.57. The van der Waals surface area contributed by atoms with Gasteiger partial charge in [0.05, 0.1) is 12.3 Å². The van der Waals surface area contributed by atoms with Crippen LogP contribution in [-0.2, 0) is 14.4 Å². The van der Waals surface area contributed by atoms with Gasteiger partial charge in [0.1, 0.15) is 0 Å². The van der Waals surface area contributed by atoms with Crippen LogP contribution in [0.15, 0.2) is 35.5 Å². The van der Waals surface area contributed by atoms with Gasteiger partial charge in [-0.15, -0.1) is 0 Å². The number of rotatable bonds is 2. The number of nitrogens with zero attached hydrogens (tertiary/aromatic N) is 2. The summed E-state index contributed by atoms with van der Waals surface area (Å²) in [6.07, 6.45) is -0.169. The minimum Gasteiger partial charge on any atom is -0.382 e. The number of piperazine rings is 1. The SMILES string of the molecule is O=C1CN(C(=O)C2CC(c3ccccc3)=NO2)CCN1. The van der Waals surface area contributed by atoms with E-state index in [1.54, 1.807) is 0 Å². The molecule has 2 aliphatic heterocycles. The summed E-state index contributed by atoms with van der Waals surface area (Å²) in [5.41, 5.74) is 1.73. The lowest BCUT2D eigenvalue weighted by molar-refractivity contribution is -0.146. The van der Waals surface area contributed by atoms with Crippen LogP contribution in [0.3, 0.4) is 0 Å². The van der Waals surface area contributed by atoms with Gasteiger partial charge in [0, 0.05) is 19.5 Å². The van der Waals surface area contributed by atoms with Gasteiger partial charge in [-0.25, -0.2) is 0 Å². The molecule has 1 atom stereocenters. The monoisotopic (exact) mass is 273 g/mol. The zero-order valence-corrected chi connectivity index (χ0v) is 10.9. The maximum absolute atomic E-state index is 12.3. The Morgan fingerprint density at radius 3 is 2.90 bits per heavy atom. The summed E-state index contributed by atoms with van der Waals surface area (Å²) in [6, 6.07) is 9.63. The highest BCUT2D eigenvalue weighted by molar-refractivity contribution is 6.04. The number of hydrogen-bond donors (Lipinski definition) is 1. The molecule has 1 unspecified atom stereocenters.